The summed E-state index contributed by atoms with van der Waals surface area (Å²) < 4.78 is 0. The maximum absolute atomic E-state index is 12.0. The van der Waals surface area contributed by atoms with Crippen molar-refractivity contribution < 1.29 is 4.79 Å². The molecular formula is C15H24N4O. The molecule has 20 heavy (non-hydrogen) atoms. The highest BCUT2D eigenvalue weighted by atomic mass is 16.1. The summed E-state index contributed by atoms with van der Waals surface area (Å²) in [4.78, 5) is 22.6. The molecule has 1 aliphatic rings. The normalized spacial score (nSPS) is 21.4. The van der Waals surface area contributed by atoms with Gasteiger partial charge in [0.1, 0.15) is 5.69 Å². The van der Waals surface area contributed by atoms with Crippen molar-refractivity contribution in [3.63, 3.8) is 0 Å². The molecule has 0 radical (unpaired) electrons. The summed E-state index contributed by atoms with van der Waals surface area (Å²) in [5, 5.41) is 2.95. The molecule has 1 saturated heterocycles. The van der Waals surface area contributed by atoms with Gasteiger partial charge < -0.3 is 5.32 Å². The van der Waals surface area contributed by atoms with Gasteiger partial charge in [0.25, 0.3) is 5.91 Å². The fourth-order valence-corrected chi connectivity index (χ4v) is 2.60. The maximum Gasteiger partial charge on any atom is 0.271 e. The molecule has 1 fully saturated rings. The summed E-state index contributed by atoms with van der Waals surface area (Å²) in [6.07, 6.45) is 5.71. The standard InChI is InChI=1S/C15H24N4O/c1-11-5-4-6-19(10-11)13(3)8-18-15(20)14-9-16-12(2)7-17-14/h7,9,11,13H,4-6,8,10H2,1-3H3,(H,18,20)/t11-,13-/m1/s1. The topological polar surface area (TPSA) is 58.1 Å². The third kappa shape index (κ3) is 4.00. The summed E-state index contributed by atoms with van der Waals surface area (Å²) in [5.74, 6) is 0.610. The zero-order valence-electron chi connectivity index (χ0n) is 12.6. The molecule has 0 saturated carbocycles. The van der Waals surface area contributed by atoms with Gasteiger partial charge in [0.05, 0.1) is 11.9 Å². The number of aryl methyl sites for hydroxylation is 1. The molecule has 5 heteroatoms. The van der Waals surface area contributed by atoms with Crippen molar-refractivity contribution in [1.29, 1.82) is 0 Å². The van der Waals surface area contributed by atoms with Crippen molar-refractivity contribution in [2.45, 2.75) is 39.7 Å². The number of aromatic nitrogens is 2. The molecule has 0 bridgehead atoms. The molecular weight excluding hydrogens is 252 g/mol. The first kappa shape index (κ1) is 14.9. The van der Waals surface area contributed by atoms with Crippen LogP contribution in [0.5, 0.6) is 0 Å². The fourth-order valence-electron chi connectivity index (χ4n) is 2.60. The number of nitrogens with zero attached hydrogens (tertiary/aromatic N) is 3. The third-order valence-electron chi connectivity index (χ3n) is 3.88. The lowest BCUT2D eigenvalue weighted by Gasteiger charge is -2.35. The van der Waals surface area contributed by atoms with Crippen LogP contribution >= 0.6 is 0 Å². The Hall–Kier alpha value is -1.49. The summed E-state index contributed by atoms with van der Waals surface area (Å²) in [5.41, 5.74) is 1.20. The number of piperidine rings is 1. The van der Waals surface area contributed by atoms with Crippen molar-refractivity contribution in [3.8, 4) is 0 Å². The lowest BCUT2D eigenvalue weighted by molar-refractivity contribution is 0.0912. The van der Waals surface area contributed by atoms with Crippen LogP contribution in [0.2, 0.25) is 0 Å². The summed E-state index contributed by atoms with van der Waals surface area (Å²) in [6, 6.07) is 0.361. The second-order valence-electron chi connectivity index (χ2n) is 5.84. The Morgan fingerprint density at radius 1 is 1.50 bits per heavy atom. The van der Waals surface area contributed by atoms with Crippen LogP contribution in [-0.2, 0) is 0 Å². The Bertz CT molecular complexity index is 446. The second kappa shape index (κ2) is 6.79. The summed E-state index contributed by atoms with van der Waals surface area (Å²) in [7, 11) is 0. The molecule has 0 aliphatic carbocycles. The maximum atomic E-state index is 12.0. The van der Waals surface area contributed by atoms with Gasteiger partial charge in [-0.1, -0.05) is 6.92 Å². The van der Waals surface area contributed by atoms with E-state index in [1.165, 1.54) is 19.0 Å². The molecule has 2 heterocycles. The highest BCUT2D eigenvalue weighted by Crippen LogP contribution is 2.17. The van der Waals surface area contributed by atoms with Crippen LogP contribution in [0.25, 0.3) is 0 Å². The van der Waals surface area contributed by atoms with Gasteiger partial charge in [0.2, 0.25) is 0 Å². The molecule has 1 N–H and O–H groups in total. The number of hydrogen-bond donors (Lipinski definition) is 1. The summed E-state index contributed by atoms with van der Waals surface area (Å²) >= 11 is 0. The van der Waals surface area contributed by atoms with E-state index in [0.717, 1.165) is 24.7 Å². The molecule has 1 amide bonds. The number of rotatable bonds is 4. The van der Waals surface area contributed by atoms with E-state index in [4.69, 9.17) is 0 Å². The molecule has 5 nitrogen and oxygen atoms in total. The molecule has 0 aromatic carbocycles. The second-order valence-corrected chi connectivity index (χ2v) is 5.84. The van der Waals surface area contributed by atoms with Crippen molar-refractivity contribution in [2.75, 3.05) is 19.6 Å². The largest absolute Gasteiger partial charge is 0.349 e. The number of carbonyl (C=O) groups excluding carboxylic acids is 1. The predicted octanol–water partition coefficient (Wildman–Crippen LogP) is 1.64. The van der Waals surface area contributed by atoms with Crippen molar-refractivity contribution in [1.82, 2.24) is 20.2 Å². The van der Waals surface area contributed by atoms with Crippen LogP contribution in [0.1, 0.15) is 42.9 Å². The minimum atomic E-state index is -0.144. The molecule has 1 aliphatic heterocycles. The Morgan fingerprint density at radius 3 is 2.95 bits per heavy atom. The van der Waals surface area contributed by atoms with Gasteiger partial charge in [0, 0.05) is 25.3 Å². The first-order chi connectivity index (χ1) is 9.56. The van der Waals surface area contributed by atoms with Gasteiger partial charge in [-0.25, -0.2) is 4.98 Å². The van der Waals surface area contributed by atoms with Crippen molar-refractivity contribution in [3.05, 3.63) is 23.8 Å². The molecule has 110 valence electrons. The van der Waals surface area contributed by atoms with Crippen LogP contribution in [0.4, 0.5) is 0 Å². The number of likely N-dealkylation sites (tertiary alicyclic amines) is 1. The highest BCUT2D eigenvalue weighted by Gasteiger charge is 2.21. The minimum Gasteiger partial charge on any atom is -0.349 e. The first-order valence-corrected chi connectivity index (χ1v) is 7.37. The van der Waals surface area contributed by atoms with Crippen molar-refractivity contribution >= 4 is 5.91 Å². The fraction of sp³-hybridized carbons (Fsp3) is 0.667. The van der Waals surface area contributed by atoms with Gasteiger partial charge in [0.15, 0.2) is 0 Å². The molecule has 2 rings (SSSR count). The van der Waals surface area contributed by atoms with E-state index in [0.29, 0.717) is 18.3 Å². The van der Waals surface area contributed by atoms with Gasteiger partial charge >= 0.3 is 0 Å². The Kier molecular flexibility index (Phi) is 5.06. The Labute approximate surface area is 120 Å². The van der Waals surface area contributed by atoms with Gasteiger partial charge in [-0.05, 0) is 39.2 Å². The molecule has 0 spiro atoms. The smallest absolute Gasteiger partial charge is 0.271 e. The predicted molar refractivity (Wildman–Crippen MR) is 78.5 cm³/mol. The van der Waals surface area contributed by atoms with Gasteiger partial charge in [-0.15, -0.1) is 0 Å². The van der Waals surface area contributed by atoms with E-state index in [1.807, 2.05) is 6.92 Å². The minimum absolute atomic E-state index is 0.144. The molecule has 1 aromatic heterocycles. The summed E-state index contributed by atoms with van der Waals surface area (Å²) in [6.45, 7) is 9.22. The lowest BCUT2D eigenvalue weighted by Crippen LogP contribution is -2.46. The Balaban J connectivity index is 1.82. The zero-order valence-corrected chi connectivity index (χ0v) is 12.6. The average molecular weight is 276 g/mol. The van der Waals surface area contributed by atoms with E-state index in [-0.39, 0.29) is 5.91 Å². The number of hydrogen-bond acceptors (Lipinski definition) is 4. The monoisotopic (exact) mass is 276 g/mol. The van der Waals surface area contributed by atoms with E-state index >= 15 is 0 Å². The lowest BCUT2D eigenvalue weighted by atomic mass is 9.99. The van der Waals surface area contributed by atoms with Crippen LogP contribution < -0.4 is 5.32 Å². The first-order valence-electron chi connectivity index (χ1n) is 7.37. The SMILES string of the molecule is Cc1cnc(C(=O)NC[C@@H](C)N2CCC[C@@H](C)C2)cn1. The Morgan fingerprint density at radius 2 is 2.30 bits per heavy atom. The molecule has 0 unspecified atom stereocenters. The quantitative estimate of drug-likeness (QED) is 0.908. The number of nitrogens with one attached hydrogen (secondary N) is 1. The third-order valence-corrected chi connectivity index (χ3v) is 3.88. The highest BCUT2D eigenvalue weighted by molar-refractivity contribution is 5.91. The van der Waals surface area contributed by atoms with Crippen LogP contribution in [0.3, 0.4) is 0 Å². The number of amides is 1. The van der Waals surface area contributed by atoms with Crippen LogP contribution in [0, 0.1) is 12.8 Å². The van der Waals surface area contributed by atoms with Gasteiger partial charge in [-0.3, -0.25) is 14.7 Å². The molecule has 2 atom stereocenters. The van der Waals surface area contributed by atoms with Crippen LogP contribution in [0.15, 0.2) is 12.4 Å². The van der Waals surface area contributed by atoms with E-state index in [1.54, 1.807) is 6.20 Å². The molecule has 1 aromatic rings. The van der Waals surface area contributed by atoms with Gasteiger partial charge in [-0.2, -0.15) is 0 Å². The van der Waals surface area contributed by atoms with E-state index < -0.39 is 0 Å². The number of carbonyl (C=O) groups is 1. The van der Waals surface area contributed by atoms with Crippen LogP contribution in [-0.4, -0.2) is 46.5 Å². The average Bonchev–Trinajstić information content (AvgIpc) is 2.45. The van der Waals surface area contributed by atoms with Crippen molar-refractivity contribution in [2.24, 2.45) is 5.92 Å². The zero-order chi connectivity index (χ0) is 14.5. The van der Waals surface area contributed by atoms with E-state index in [2.05, 4.69) is 34.0 Å². The van der Waals surface area contributed by atoms with E-state index in [9.17, 15) is 4.79 Å².